The fraction of sp³-hybridized carbons (Fsp3) is 0.625. The lowest BCUT2D eigenvalue weighted by Gasteiger charge is -2.36. The van der Waals surface area contributed by atoms with Crippen LogP contribution in [0.25, 0.3) is 0 Å². The Morgan fingerprint density at radius 3 is 1.24 bits per heavy atom. The second-order valence-corrected chi connectivity index (χ2v) is 26.6. The average Bonchev–Trinajstić information content (AvgIpc) is 1.91. The van der Waals surface area contributed by atoms with Crippen molar-refractivity contribution >= 4 is 47.6 Å². The topological polar surface area (TPSA) is 293 Å². The van der Waals surface area contributed by atoms with Gasteiger partial charge < -0.3 is 70.9 Å². The minimum absolute atomic E-state index is 0.0212. The van der Waals surface area contributed by atoms with Gasteiger partial charge in [-0.15, -0.1) is 0 Å². The molecule has 0 radical (unpaired) electrons. The van der Waals surface area contributed by atoms with Crippen LogP contribution in [0, 0.1) is 34.5 Å². The van der Waals surface area contributed by atoms with Gasteiger partial charge in [0, 0.05) is 25.9 Å². The molecule has 4 aliphatic rings. The summed E-state index contributed by atoms with van der Waals surface area (Å²) < 4.78 is 22.9. The molecule has 10 atom stereocenters. The van der Waals surface area contributed by atoms with Crippen molar-refractivity contribution < 1.29 is 67.5 Å². The number of alkyl carbamates (subject to hydrolysis) is 2. The number of carbonyl (C=O) groups excluding carboxylic acids is 8. The Bertz CT molecular complexity index is 2710. The first-order chi connectivity index (χ1) is 40.4. The van der Waals surface area contributed by atoms with Gasteiger partial charge in [-0.2, -0.15) is 0 Å². The molecule has 6 rings (SSSR count). The van der Waals surface area contributed by atoms with Gasteiger partial charge >= 0.3 is 12.2 Å². The molecular formula is C64H90N8O14. The van der Waals surface area contributed by atoms with Crippen LogP contribution in [0.4, 0.5) is 9.59 Å². The van der Waals surface area contributed by atoms with Crippen LogP contribution in [0.15, 0.2) is 48.5 Å². The Kier molecular flexibility index (Phi) is 23.2. The summed E-state index contributed by atoms with van der Waals surface area (Å²) in [5.74, 6) is 7.71. The normalized spacial score (nSPS) is 21.6. The van der Waals surface area contributed by atoms with Crippen molar-refractivity contribution in [2.24, 2.45) is 10.8 Å². The van der Waals surface area contributed by atoms with Crippen molar-refractivity contribution in [3.05, 3.63) is 70.8 Å². The largest absolute Gasteiger partial charge is 0.444 e. The summed E-state index contributed by atoms with van der Waals surface area (Å²) in [4.78, 5) is 114. The first-order valence-electron chi connectivity index (χ1n) is 29.7. The highest BCUT2D eigenvalue weighted by Gasteiger charge is 2.48. The molecule has 2 saturated heterocycles. The Hall–Kier alpha value is -7.24. The van der Waals surface area contributed by atoms with Gasteiger partial charge in [0.05, 0.1) is 37.5 Å². The van der Waals surface area contributed by atoms with Crippen LogP contribution >= 0.6 is 0 Å². The van der Waals surface area contributed by atoms with Gasteiger partial charge in [-0.1, -0.05) is 102 Å². The summed E-state index contributed by atoms with van der Waals surface area (Å²) in [6, 6.07) is 7.95. The third-order valence-electron chi connectivity index (χ3n) is 15.3. The zero-order chi connectivity index (χ0) is 63.3. The van der Waals surface area contributed by atoms with Crippen molar-refractivity contribution in [2.75, 3.05) is 39.5 Å². The Labute approximate surface area is 506 Å². The van der Waals surface area contributed by atoms with Gasteiger partial charge in [0.25, 0.3) is 0 Å². The molecule has 1 unspecified atom stereocenters. The highest BCUT2D eigenvalue weighted by atomic mass is 16.6. The Morgan fingerprint density at radius 2 is 0.907 bits per heavy atom. The van der Waals surface area contributed by atoms with Gasteiger partial charge in [-0.25, -0.2) is 9.59 Å². The predicted octanol–water partition coefficient (Wildman–Crippen LogP) is 4.19. The molecular weight excluding hydrogens is 1100 g/mol. The second kappa shape index (κ2) is 29.4. The van der Waals surface area contributed by atoms with Gasteiger partial charge in [0.15, 0.2) is 0 Å². The highest BCUT2D eigenvalue weighted by molar-refractivity contribution is 5.96. The first-order valence-corrected chi connectivity index (χ1v) is 29.7. The van der Waals surface area contributed by atoms with E-state index in [4.69, 9.17) is 18.9 Å². The molecule has 0 aromatic heterocycles. The van der Waals surface area contributed by atoms with Gasteiger partial charge in [-0.3, -0.25) is 28.8 Å². The third kappa shape index (κ3) is 19.1. The number of aryl methyl sites for hydroxylation is 2. The minimum atomic E-state index is -1.45. The predicted molar refractivity (Wildman–Crippen MR) is 319 cm³/mol. The Morgan fingerprint density at radius 1 is 0.547 bits per heavy atom. The van der Waals surface area contributed by atoms with E-state index in [1.165, 1.54) is 9.80 Å². The molecule has 2 aliphatic heterocycles. The van der Waals surface area contributed by atoms with Gasteiger partial charge in [-0.05, 0) is 125 Å². The molecule has 2 aromatic carbocycles. The number of hydrogen-bond donors (Lipinski definition) is 8. The number of aliphatic hydroxyl groups is 2. The second-order valence-electron chi connectivity index (χ2n) is 26.6. The maximum absolute atomic E-state index is 14.8. The summed E-state index contributed by atoms with van der Waals surface area (Å²) >= 11 is 0. The van der Waals surface area contributed by atoms with Crippen LogP contribution in [0.1, 0.15) is 156 Å². The number of amides is 8. The molecule has 8 amide bonds. The lowest BCUT2D eigenvalue weighted by molar-refractivity contribution is -0.144. The number of nitrogens with zero attached hydrogens (tertiary/aromatic N) is 2. The molecule has 0 bridgehead atoms. The maximum Gasteiger partial charge on any atom is 0.408 e. The molecule has 2 aromatic rings. The number of nitrogens with one attached hydrogen (secondary N) is 6. The maximum atomic E-state index is 14.8. The quantitative estimate of drug-likeness (QED) is 0.0973. The van der Waals surface area contributed by atoms with E-state index in [0.29, 0.717) is 12.8 Å². The zero-order valence-corrected chi connectivity index (χ0v) is 52.0. The average molecular weight is 1200 g/mol. The zero-order valence-electron chi connectivity index (χ0n) is 52.0. The summed E-state index contributed by atoms with van der Waals surface area (Å²) in [7, 11) is 0. The lowest BCUT2D eigenvalue weighted by Crippen LogP contribution is -2.61. The summed E-state index contributed by atoms with van der Waals surface area (Å²) in [5.41, 5.74) is 0.714. The van der Waals surface area contributed by atoms with E-state index in [1.807, 2.05) is 48.5 Å². The molecule has 0 saturated carbocycles. The van der Waals surface area contributed by atoms with E-state index in [2.05, 4.69) is 55.6 Å². The SMILES string of the molecule is CC(C)(C)OC(=O)N[C@@H](CO)C(=O)N[C@H](C(=O)N1C[C@@H](OCC#CC#CCO[C@H]2C[C@@H](C(=O)N[C@@H]3CCCc4ccccc43)N(C(=O)[C@@H](NC(=O)[C@H](CO)NC(=O)OC(C)(C)C)C(C)(C)C)C2)CC1C(=O)N[C@@H]1CCCc2ccccc21)C(C)(C)C. The fourth-order valence-corrected chi connectivity index (χ4v) is 11.0. The van der Waals surface area contributed by atoms with Gasteiger partial charge in [0.1, 0.15) is 60.7 Å². The summed E-state index contributed by atoms with van der Waals surface area (Å²) in [6.45, 7) is 18.6. The molecule has 22 heteroatoms. The number of aliphatic hydroxyl groups excluding tert-OH is 2. The molecule has 22 nitrogen and oxygen atoms in total. The number of ether oxygens (including phenoxy) is 4. The van der Waals surface area contributed by atoms with Crippen LogP contribution in [0.5, 0.6) is 0 Å². The molecule has 0 spiro atoms. The summed E-state index contributed by atoms with van der Waals surface area (Å²) in [5, 5.41) is 36.9. The smallest absolute Gasteiger partial charge is 0.408 e. The van der Waals surface area contributed by atoms with E-state index in [0.717, 1.165) is 47.9 Å². The molecule has 8 N–H and O–H groups in total. The number of carbonyl (C=O) groups is 8. The molecule has 2 heterocycles. The van der Waals surface area contributed by atoms with Crippen molar-refractivity contribution in [1.29, 1.82) is 0 Å². The number of benzene rings is 2. The number of fused-ring (bicyclic) bond motifs is 2. The van der Waals surface area contributed by atoms with Crippen LogP contribution < -0.4 is 31.9 Å². The Balaban J connectivity index is 1.14. The van der Waals surface area contributed by atoms with Crippen LogP contribution in [-0.4, -0.2) is 167 Å². The van der Waals surface area contributed by atoms with Crippen LogP contribution in [0.2, 0.25) is 0 Å². The minimum Gasteiger partial charge on any atom is -0.444 e. The molecule has 2 aliphatic carbocycles. The monoisotopic (exact) mass is 1190 g/mol. The first kappa shape index (κ1) is 67.9. The third-order valence-corrected chi connectivity index (χ3v) is 15.3. The fourth-order valence-electron chi connectivity index (χ4n) is 11.0. The van der Waals surface area contributed by atoms with E-state index in [-0.39, 0.29) is 63.0 Å². The van der Waals surface area contributed by atoms with Crippen molar-refractivity contribution in [3.63, 3.8) is 0 Å². The number of hydrogen-bond acceptors (Lipinski definition) is 14. The molecule has 2 fully saturated rings. The van der Waals surface area contributed by atoms with Crippen LogP contribution in [0.3, 0.4) is 0 Å². The van der Waals surface area contributed by atoms with Crippen molar-refractivity contribution in [1.82, 2.24) is 41.7 Å². The van der Waals surface area contributed by atoms with Gasteiger partial charge in [0.2, 0.25) is 35.4 Å². The van der Waals surface area contributed by atoms with Crippen LogP contribution in [-0.2, 0) is 60.6 Å². The van der Waals surface area contributed by atoms with Crippen molar-refractivity contribution in [3.8, 4) is 23.7 Å². The standard InChI is InChI=1S/C64H90N8O14/c1-61(2,3)51(69-53(75)47(37-73)67-59(81)85-63(7,8)9)57(79)71-35-41(33-49(71)55(77)65-45-29-21-25-39-23-15-17-27-43(39)45)83-31-19-13-14-20-32-84-42-34-50(56(78)66-46-30-22-26-40-24-16-18-28-44(40)46)72(36-42)58(80)52(62(4,5)6)70-54(76)48(38-74)68-60(82)86-64(10,11)12/h15-18,23-24,27-28,41-42,45-52,73-74H,21-22,25-26,29-38H2,1-12H3,(H,65,77)(H,66,78)(H,67,81)(H,68,82)(H,69,75)(H,70,76)/t41-,42-,45+,46+,47-,48-,49-,50?,51+,52+/m0/s1. The summed E-state index contributed by atoms with van der Waals surface area (Å²) in [6.07, 6.45) is 1.95. The number of likely N-dealkylation sites (tertiary alicyclic amines) is 2. The lowest BCUT2D eigenvalue weighted by atomic mass is 9.85. The van der Waals surface area contributed by atoms with Crippen molar-refractivity contribution in [2.45, 2.75) is 206 Å². The van der Waals surface area contributed by atoms with E-state index >= 15 is 0 Å². The van der Waals surface area contributed by atoms with E-state index in [1.54, 1.807) is 83.1 Å². The van der Waals surface area contributed by atoms with E-state index in [9.17, 15) is 48.6 Å². The highest BCUT2D eigenvalue weighted by Crippen LogP contribution is 2.34. The molecule has 470 valence electrons. The number of rotatable bonds is 18. The van der Waals surface area contributed by atoms with E-state index < -0.39 is 120 Å². The molecule has 86 heavy (non-hydrogen) atoms.